The summed E-state index contributed by atoms with van der Waals surface area (Å²) in [5.41, 5.74) is 9.93. The number of rotatable bonds is 3. The summed E-state index contributed by atoms with van der Waals surface area (Å²) >= 11 is 0. The standard InChI is InChI=1S/C38H22N4/c1-40-26-19-22-35-33(23-26)37-30(12-8-16-36(37)41(35)28-20-17-25(24-39)18-21-28)32-14-7-13-31-29-11-5-6-15-34(29)42(38(31)32)27-9-3-2-4-10-27/h2-23H. The maximum absolute atomic E-state index is 9.38. The molecule has 4 heteroatoms. The number of nitriles is 1. The highest BCUT2D eigenvalue weighted by Gasteiger charge is 2.21. The Bertz CT molecular complexity index is 2410. The number of benzene rings is 6. The first-order valence-electron chi connectivity index (χ1n) is 13.8. The minimum Gasteiger partial charge on any atom is -0.309 e. The smallest absolute Gasteiger partial charge is 0.188 e. The number of hydrogen-bond acceptors (Lipinski definition) is 1. The molecular formula is C38H22N4. The van der Waals surface area contributed by atoms with Gasteiger partial charge < -0.3 is 9.13 Å². The number of hydrogen-bond donors (Lipinski definition) is 0. The lowest BCUT2D eigenvalue weighted by molar-refractivity contribution is 1.18. The molecular weight excluding hydrogens is 512 g/mol. The fourth-order valence-electron chi connectivity index (χ4n) is 6.40. The molecule has 0 aliphatic carbocycles. The van der Waals surface area contributed by atoms with Crippen LogP contribution >= 0.6 is 0 Å². The monoisotopic (exact) mass is 534 g/mol. The Balaban J connectivity index is 1.53. The van der Waals surface area contributed by atoms with Crippen molar-refractivity contribution in [2.45, 2.75) is 0 Å². The molecule has 2 aromatic heterocycles. The molecule has 0 fully saturated rings. The van der Waals surface area contributed by atoms with Gasteiger partial charge in [-0.2, -0.15) is 5.26 Å². The fourth-order valence-corrected chi connectivity index (χ4v) is 6.40. The Kier molecular flexibility index (Phi) is 5.22. The Morgan fingerprint density at radius 1 is 0.548 bits per heavy atom. The summed E-state index contributed by atoms with van der Waals surface area (Å²) in [4.78, 5) is 3.77. The van der Waals surface area contributed by atoms with Crippen molar-refractivity contribution in [1.29, 1.82) is 5.26 Å². The van der Waals surface area contributed by atoms with Crippen LogP contribution in [-0.4, -0.2) is 9.13 Å². The SMILES string of the molecule is [C-]#[N+]c1ccc2c(c1)c1c(-c3cccc4c5ccccc5n(-c5ccccc5)c34)cccc1n2-c1ccc(C#N)cc1. The van der Waals surface area contributed by atoms with Gasteiger partial charge in [0.15, 0.2) is 5.69 Å². The Labute approximate surface area is 242 Å². The van der Waals surface area contributed by atoms with Crippen LogP contribution < -0.4 is 0 Å². The summed E-state index contributed by atoms with van der Waals surface area (Å²) in [5, 5.41) is 13.9. The van der Waals surface area contributed by atoms with E-state index < -0.39 is 0 Å². The van der Waals surface area contributed by atoms with Crippen LogP contribution in [0, 0.1) is 17.9 Å². The molecule has 2 heterocycles. The normalized spacial score (nSPS) is 11.3. The van der Waals surface area contributed by atoms with Crippen molar-refractivity contribution in [2.24, 2.45) is 0 Å². The molecule has 0 atom stereocenters. The van der Waals surface area contributed by atoms with E-state index in [4.69, 9.17) is 6.57 Å². The first kappa shape index (κ1) is 23.8. The van der Waals surface area contributed by atoms with Gasteiger partial charge in [0.1, 0.15) is 0 Å². The molecule has 0 unspecified atom stereocenters. The van der Waals surface area contributed by atoms with Crippen LogP contribution in [0.15, 0.2) is 133 Å². The molecule has 0 amide bonds. The molecule has 0 aliphatic rings. The van der Waals surface area contributed by atoms with Crippen molar-refractivity contribution in [3.63, 3.8) is 0 Å². The van der Waals surface area contributed by atoms with Gasteiger partial charge in [-0.05, 0) is 71.6 Å². The zero-order chi connectivity index (χ0) is 28.2. The molecule has 0 spiro atoms. The molecule has 0 saturated carbocycles. The van der Waals surface area contributed by atoms with E-state index in [1.807, 2.05) is 48.5 Å². The van der Waals surface area contributed by atoms with Crippen LogP contribution in [0.1, 0.15) is 5.56 Å². The van der Waals surface area contributed by atoms with E-state index in [0.29, 0.717) is 11.3 Å². The topological polar surface area (TPSA) is 38.0 Å². The van der Waals surface area contributed by atoms with Gasteiger partial charge >= 0.3 is 0 Å². The summed E-state index contributed by atoms with van der Waals surface area (Å²) < 4.78 is 4.60. The average molecular weight is 535 g/mol. The van der Waals surface area contributed by atoms with Gasteiger partial charge in [-0.15, -0.1) is 0 Å². The maximum Gasteiger partial charge on any atom is 0.188 e. The lowest BCUT2D eigenvalue weighted by Crippen LogP contribution is -1.96. The predicted octanol–water partition coefficient (Wildman–Crippen LogP) is 9.97. The molecule has 0 radical (unpaired) electrons. The molecule has 6 aromatic carbocycles. The third kappa shape index (κ3) is 3.40. The maximum atomic E-state index is 9.38. The van der Waals surface area contributed by atoms with Gasteiger partial charge in [0.05, 0.1) is 40.3 Å². The Morgan fingerprint density at radius 2 is 1.21 bits per heavy atom. The zero-order valence-corrected chi connectivity index (χ0v) is 22.5. The van der Waals surface area contributed by atoms with Crippen molar-refractivity contribution >= 4 is 49.3 Å². The van der Waals surface area contributed by atoms with E-state index in [1.165, 1.54) is 10.8 Å². The van der Waals surface area contributed by atoms with Crippen LogP contribution in [0.5, 0.6) is 0 Å². The van der Waals surface area contributed by atoms with E-state index in [2.05, 4.69) is 105 Å². The number of aromatic nitrogens is 2. The number of para-hydroxylation sites is 3. The largest absolute Gasteiger partial charge is 0.309 e. The number of nitrogens with zero attached hydrogens (tertiary/aromatic N) is 4. The van der Waals surface area contributed by atoms with E-state index in [-0.39, 0.29) is 0 Å². The van der Waals surface area contributed by atoms with Crippen LogP contribution in [0.4, 0.5) is 5.69 Å². The lowest BCUT2D eigenvalue weighted by Gasteiger charge is -2.13. The summed E-state index contributed by atoms with van der Waals surface area (Å²) in [6.07, 6.45) is 0. The zero-order valence-electron chi connectivity index (χ0n) is 22.5. The molecule has 0 bridgehead atoms. The minimum atomic E-state index is 0.604. The molecule has 42 heavy (non-hydrogen) atoms. The van der Waals surface area contributed by atoms with Gasteiger partial charge in [0, 0.05) is 33.1 Å². The van der Waals surface area contributed by atoms with Gasteiger partial charge in [-0.25, -0.2) is 4.85 Å². The highest BCUT2D eigenvalue weighted by molar-refractivity contribution is 6.21. The first-order chi connectivity index (χ1) is 20.8. The second-order valence-corrected chi connectivity index (χ2v) is 10.4. The van der Waals surface area contributed by atoms with Crippen LogP contribution in [0.25, 0.3) is 71.0 Å². The van der Waals surface area contributed by atoms with Crippen molar-refractivity contribution < 1.29 is 0 Å². The molecule has 0 N–H and O–H groups in total. The van der Waals surface area contributed by atoms with Crippen LogP contribution in [-0.2, 0) is 0 Å². The molecule has 8 aromatic rings. The van der Waals surface area contributed by atoms with Crippen molar-refractivity contribution in [1.82, 2.24) is 9.13 Å². The van der Waals surface area contributed by atoms with Gasteiger partial charge in [0.25, 0.3) is 0 Å². The highest BCUT2D eigenvalue weighted by Crippen LogP contribution is 2.44. The number of fused-ring (bicyclic) bond motifs is 6. The lowest BCUT2D eigenvalue weighted by atomic mass is 9.97. The summed E-state index contributed by atoms with van der Waals surface area (Å²) in [6, 6.07) is 47.9. The summed E-state index contributed by atoms with van der Waals surface area (Å²) in [6.45, 7) is 7.74. The third-order valence-corrected chi connectivity index (χ3v) is 8.16. The fraction of sp³-hybridized carbons (Fsp3) is 0. The first-order valence-corrected chi connectivity index (χ1v) is 13.8. The second-order valence-electron chi connectivity index (χ2n) is 10.4. The molecule has 194 valence electrons. The third-order valence-electron chi connectivity index (χ3n) is 8.16. The van der Waals surface area contributed by atoms with Crippen molar-refractivity contribution in [3.8, 4) is 28.6 Å². The van der Waals surface area contributed by atoms with Gasteiger partial charge in [-0.1, -0.05) is 72.8 Å². The summed E-state index contributed by atoms with van der Waals surface area (Å²) in [5.74, 6) is 0. The van der Waals surface area contributed by atoms with Crippen LogP contribution in [0.3, 0.4) is 0 Å². The highest BCUT2D eigenvalue weighted by atomic mass is 15.0. The molecule has 0 aliphatic heterocycles. The predicted molar refractivity (Wildman–Crippen MR) is 172 cm³/mol. The Morgan fingerprint density at radius 3 is 2.02 bits per heavy atom. The van der Waals surface area contributed by atoms with E-state index in [1.54, 1.807) is 0 Å². The van der Waals surface area contributed by atoms with E-state index >= 15 is 0 Å². The summed E-state index contributed by atoms with van der Waals surface area (Å²) in [7, 11) is 0. The minimum absolute atomic E-state index is 0.604. The van der Waals surface area contributed by atoms with Crippen molar-refractivity contribution in [3.05, 3.63) is 150 Å². The van der Waals surface area contributed by atoms with Crippen LogP contribution in [0.2, 0.25) is 0 Å². The molecule has 8 rings (SSSR count). The van der Waals surface area contributed by atoms with Gasteiger partial charge in [-0.3, -0.25) is 0 Å². The van der Waals surface area contributed by atoms with Crippen molar-refractivity contribution in [2.75, 3.05) is 0 Å². The average Bonchev–Trinajstić information content (AvgIpc) is 3.58. The van der Waals surface area contributed by atoms with E-state index in [9.17, 15) is 5.26 Å². The molecule has 0 saturated heterocycles. The Hall–Kier alpha value is -6.10. The van der Waals surface area contributed by atoms with E-state index in [0.717, 1.165) is 55.3 Å². The quantitative estimate of drug-likeness (QED) is 0.208. The van der Waals surface area contributed by atoms with Gasteiger partial charge in [0.2, 0.25) is 0 Å². The second kappa shape index (κ2) is 9.24. The molecule has 4 nitrogen and oxygen atoms in total.